The summed E-state index contributed by atoms with van der Waals surface area (Å²) in [6, 6.07) is 15.0. The maximum absolute atomic E-state index is 14.7. The first-order valence-electron chi connectivity index (χ1n) is 27.0. The number of aliphatic hydroxyl groups is 5. The average Bonchev–Trinajstić information content (AvgIpc) is 3.73. The summed E-state index contributed by atoms with van der Waals surface area (Å²) in [5.74, 6) is -1.25. The summed E-state index contributed by atoms with van der Waals surface area (Å²) in [6.07, 6.45) is -8.12. The molecule has 0 aliphatic carbocycles. The fraction of sp³-hybridized carbons (Fsp3) is 0.702. The molecule has 5 heterocycles. The highest BCUT2D eigenvalue weighted by Gasteiger charge is 2.53. The summed E-state index contributed by atoms with van der Waals surface area (Å²) in [5.41, 5.74) is -1.54. The number of halogens is 1. The van der Waals surface area contributed by atoms with Crippen LogP contribution in [-0.4, -0.2) is 172 Å². The standard InChI is InChI=1S/C57H86ClN3O13S/c1-14-45-57(10,67)50(63)35(6)61(23-17-22-59-29-38-26-40-39-18-15-16-19-43(39)71-44-21-20-37(58)25-41(44)49(40)75-38)30-31(2)27-55(8,66)52(74-54-47(62)42(60(11)12)24-32(3)69-54)33(4)48(34(5)53(65)72-45)73-46-28-56(9,68-13)51(64)36(7)70-46/h15-16,18-21,25-26,31-36,42,45-48,50-52,54,59,62-64,66-67H,14,17,22-24,27-30H2,1-13H3/t31-,32-,33+,34-,35-,36-,42+,45-,46-,47-,48+,50-,51+,52-,54+,55-,56-,57-/m1/s1. The van der Waals surface area contributed by atoms with E-state index in [-0.39, 0.29) is 37.3 Å². The molecule has 0 bridgehead atoms. The number of carbonyl (C=O) groups is 1. The second-order valence-electron chi connectivity index (χ2n) is 22.9. The van der Waals surface area contributed by atoms with Crippen molar-refractivity contribution in [2.24, 2.45) is 17.8 Å². The van der Waals surface area contributed by atoms with Gasteiger partial charge in [0, 0.05) is 76.1 Å². The Morgan fingerprint density at radius 3 is 2.31 bits per heavy atom. The highest BCUT2D eigenvalue weighted by atomic mass is 35.5. The Morgan fingerprint density at radius 2 is 1.61 bits per heavy atom. The number of rotatable bonds is 13. The van der Waals surface area contributed by atoms with Crippen molar-refractivity contribution < 1.29 is 63.5 Å². The number of thiophene rings is 1. The van der Waals surface area contributed by atoms with Crippen molar-refractivity contribution in [1.82, 2.24) is 15.1 Å². The van der Waals surface area contributed by atoms with Gasteiger partial charge in [0.2, 0.25) is 0 Å². The number of benzene rings is 2. The SMILES string of the molecule is CC[C@H]1OC(=O)[C@H](C)[C@@H](O[C@@H]2C[C@@](C)(OC)[C@@H](O)[C@@H](C)O2)[C@H](C)[C@@H](O[C@@H]2O[C@H](C)C[C@H](N(C)C)[C@H]2O)[C@](C)(O)C[C@@H](C)CN(CCCNCc2cc3c(s2)-c2cc(Cl)ccc2Oc2ccccc2-3)[C@H](C)[C@@H](O)[C@]1(C)O. The van der Waals surface area contributed by atoms with E-state index in [1.165, 1.54) is 14.0 Å². The molecular formula is C57H86ClN3O13S. The zero-order chi connectivity index (χ0) is 54.9. The van der Waals surface area contributed by atoms with E-state index in [4.69, 9.17) is 44.8 Å². The van der Waals surface area contributed by atoms with Gasteiger partial charge in [-0.3, -0.25) is 9.69 Å². The largest absolute Gasteiger partial charge is 0.459 e. The van der Waals surface area contributed by atoms with E-state index in [1.807, 2.05) is 83.1 Å². The monoisotopic (exact) mass is 1090 g/mol. The van der Waals surface area contributed by atoms with E-state index in [1.54, 1.807) is 46.0 Å². The van der Waals surface area contributed by atoms with Gasteiger partial charge in [-0.05, 0) is 138 Å². The first kappa shape index (κ1) is 59.8. The van der Waals surface area contributed by atoms with E-state index >= 15 is 0 Å². The Morgan fingerprint density at radius 1 is 0.907 bits per heavy atom. The van der Waals surface area contributed by atoms with E-state index in [0.29, 0.717) is 44.0 Å². The minimum absolute atomic E-state index is 0.110. The predicted octanol–water partition coefficient (Wildman–Crippen LogP) is 7.61. The zero-order valence-electron chi connectivity index (χ0n) is 46.3. The van der Waals surface area contributed by atoms with Crippen molar-refractivity contribution in [3.05, 3.63) is 58.4 Å². The number of nitrogens with one attached hydrogen (secondary N) is 1. The Bertz CT molecular complexity index is 2370. The number of methoxy groups -OCH3 is 1. The quantitative estimate of drug-likeness (QED) is 0.0564. The number of para-hydroxylation sites is 1. The fourth-order valence-corrected chi connectivity index (χ4v) is 13.4. The molecule has 18 atom stereocenters. The number of likely N-dealkylation sites (N-methyl/N-ethyl adjacent to an activating group) is 1. The molecule has 0 unspecified atom stereocenters. The van der Waals surface area contributed by atoms with Crippen LogP contribution in [0.3, 0.4) is 0 Å². The number of cyclic esters (lactones) is 1. The smallest absolute Gasteiger partial charge is 0.311 e. The summed E-state index contributed by atoms with van der Waals surface area (Å²) in [7, 11) is 5.30. The third-order valence-electron chi connectivity index (χ3n) is 16.5. The molecule has 4 aliphatic heterocycles. The number of fused-ring (bicyclic) bond motifs is 5. The molecule has 16 nitrogen and oxygen atoms in total. The van der Waals surface area contributed by atoms with Gasteiger partial charge in [0.25, 0.3) is 0 Å². The Hall–Kier alpha value is -2.82. The maximum Gasteiger partial charge on any atom is 0.311 e. The van der Waals surface area contributed by atoms with Gasteiger partial charge in [-0.2, -0.15) is 0 Å². The molecule has 6 N–H and O–H groups in total. The van der Waals surface area contributed by atoms with Crippen LogP contribution in [0.5, 0.6) is 11.5 Å². The molecule has 3 aromatic rings. The third-order valence-corrected chi connectivity index (χ3v) is 17.9. The van der Waals surface area contributed by atoms with E-state index in [9.17, 15) is 30.3 Å². The first-order chi connectivity index (χ1) is 35.3. The highest BCUT2D eigenvalue weighted by Crippen LogP contribution is 2.51. The van der Waals surface area contributed by atoms with Gasteiger partial charge in [-0.15, -0.1) is 11.3 Å². The van der Waals surface area contributed by atoms with Crippen LogP contribution in [0.15, 0.2) is 48.5 Å². The van der Waals surface area contributed by atoms with Crippen LogP contribution in [0, 0.1) is 17.8 Å². The number of hydrogen-bond acceptors (Lipinski definition) is 17. The highest BCUT2D eigenvalue weighted by molar-refractivity contribution is 7.16. The Balaban J connectivity index is 1.16. The second kappa shape index (κ2) is 24.7. The Labute approximate surface area is 453 Å². The molecule has 3 saturated heterocycles. The minimum atomic E-state index is -1.89. The number of aliphatic hydroxyl groups excluding tert-OH is 3. The van der Waals surface area contributed by atoms with Crippen LogP contribution >= 0.6 is 22.9 Å². The van der Waals surface area contributed by atoms with Crippen molar-refractivity contribution in [2.75, 3.05) is 40.8 Å². The van der Waals surface area contributed by atoms with Gasteiger partial charge >= 0.3 is 5.97 Å². The van der Waals surface area contributed by atoms with Crippen molar-refractivity contribution >= 4 is 28.9 Å². The second-order valence-corrected chi connectivity index (χ2v) is 24.5. The van der Waals surface area contributed by atoms with Crippen molar-refractivity contribution in [3.63, 3.8) is 0 Å². The summed E-state index contributed by atoms with van der Waals surface area (Å²) < 4.78 is 44.7. The molecule has 4 aliphatic rings. The van der Waals surface area contributed by atoms with Gasteiger partial charge in [0.15, 0.2) is 12.6 Å². The van der Waals surface area contributed by atoms with Crippen LogP contribution in [0.4, 0.5) is 0 Å². The van der Waals surface area contributed by atoms with Gasteiger partial charge < -0.3 is 68.9 Å². The van der Waals surface area contributed by atoms with E-state index < -0.39 is 96.0 Å². The summed E-state index contributed by atoms with van der Waals surface area (Å²) in [5, 5.41) is 64.9. The molecule has 420 valence electrons. The number of carbonyl (C=O) groups excluding carboxylic acids is 1. The van der Waals surface area contributed by atoms with E-state index in [0.717, 1.165) is 37.9 Å². The lowest BCUT2D eigenvalue weighted by Gasteiger charge is -2.48. The first-order valence-corrected chi connectivity index (χ1v) is 28.2. The molecule has 0 spiro atoms. The molecule has 7 rings (SSSR count). The normalized spacial score (nSPS) is 38.3. The molecule has 3 fully saturated rings. The molecule has 0 amide bonds. The number of esters is 1. The zero-order valence-corrected chi connectivity index (χ0v) is 47.9. The average molecular weight is 1090 g/mol. The van der Waals surface area contributed by atoms with Crippen LogP contribution in [-0.2, 0) is 39.8 Å². The lowest BCUT2D eigenvalue weighted by molar-refractivity contribution is -0.318. The number of ether oxygens (including phenoxy) is 7. The fourth-order valence-electron chi connectivity index (χ4n) is 12.1. The van der Waals surface area contributed by atoms with Gasteiger partial charge in [-0.25, -0.2) is 0 Å². The maximum atomic E-state index is 14.7. The molecule has 2 aromatic carbocycles. The molecular weight excluding hydrogens is 1000 g/mol. The number of nitrogens with zero attached hydrogens (tertiary/aromatic N) is 2. The molecule has 0 radical (unpaired) electrons. The molecule has 75 heavy (non-hydrogen) atoms. The summed E-state index contributed by atoms with van der Waals surface area (Å²) in [6.45, 7) is 20.0. The van der Waals surface area contributed by atoms with Crippen LogP contribution in [0.1, 0.15) is 106 Å². The lowest BCUT2D eigenvalue weighted by atomic mass is 9.77. The van der Waals surface area contributed by atoms with Crippen LogP contribution in [0.25, 0.3) is 21.6 Å². The van der Waals surface area contributed by atoms with Crippen molar-refractivity contribution in [1.29, 1.82) is 0 Å². The van der Waals surface area contributed by atoms with Crippen molar-refractivity contribution in [2.45, 2.75) is 198 Å². The minimum Gasteiger partial charge on any atom is -0.459 e. The van der Waals surface area contributed by atoms with Crippen molar-refractivity contribution in [3.8, 4) is 33.1 Å². The molecule has 18 heteroatoms. The Kier molecular flexibility index (Phi) is 19.7. The summed E-state index contributed by atoms with van der Waals surface area (Å²) >= 11 is 8.21. The van der Waals surface area contributed by atoms with E-state index in [2.05, 4.69) is 22.3 Å². The lowest BCUT2D eigenvalue weighted by Crippen LogP contribution is -2.60. The van der Waals surface area contributed by atoms with Gasteiger partial charge in [0.05, 0.1) is 41.5 Å². The van der Waals surface area contributed by atoms with Crippen LogP contribution < -0.4 is 10.1 Å². The molecule has 1 aromatic heterocycles. The predicted molar refractivity (Wildman–Crippen MR) is 290 cm³/mol. The van der Waals surface area contributed by atoms with Gasteiger partial charge in [0.1, 0.15) is 41.5 Å². The topological polar surface area (TPSA) is 201 Å². The van der Waals surface area contributed by atoms with Gasteiger partial charge in [-0.1, -0.05) is 50.6 Å². The molecule has 0 saturated carbocycles. The number of hydrogen-bond donors (Lipinski definition) is 6. The third kappa shape index (κ3) is 13.3. The van der Waals surface area contributed by atoms with Crippen LogP contribution in [0.2, 0.25) is 5.02 Å². The summed E-state index contributed by atoms with van der Waals surface area (Å²) in [4.78, 5) is 21.0.